The van der Waals surface area contributed by atoms with E-state index in [1.807, 2.05) is 0 Å². The van der Waals surface area contributed by atoms with E-state index in [0.717, 1.165) is 121 Å². The Morgan fingerprint density at radius 1 is 0.330 bits per heavy atom. The standard InChI is InChI=1S/C75H142O17P2/c1-7-9-11-13-14-15-16-17-18-26-31-36-41-47-53-59-74(79)91-70(63-85-72(77)57-51-43-12-10-8-2)65-89-93(81,82)87-61-69(76)62-88-94(83,84)90-66-71(92-75(80)60-54-48-42-37-32-27-22-20-24-29-34-39-45-50-56-68(5)6)64-86-73(78)58-52-46-40-35-30-25-21-19-23-28-33-38-44-49-55-67(3)4/h15-18,67-71,76H,7-14,19-66H2,1-6H3,(H,81,82)(H,83,84)/b16-15-,18-17-/t69-,70+,71+/m0/s1. The van der Waals surface area contributed by atoms with Gasteiger partial charge in [-0.1, -0.05) is 310 Å². The van der Waals surface area contributed by atoms with Crippen molar-refractivity contribution < 1.29 is 80.2 Å². The maximum Gasteiger partial charge on any atom is 0.472 e. The van der Waals surface area contributed by atoms with Crippen molar-refractivity contribution in [3.63, 3.8) is 0 Å². The highest BCUT2D eigenvalue weighted by Gasteiger charge is 2.30. The molecular weight excluding hydrogens is 1230 g/mol. The van der Waals surface area contributed by atoms with Crippen LogP contribution in [0.4, 0.5) is 0 Å². The van der Waals surface area contributed by atoms with Gasteiger partial charge in [-0.05, 0) is 63.2 Å². The number of aliphatic hydroxyl groups excluding tert-OH is 1. The van der Waals surface area contributed by atoms with Crippen molar-refractivity contribution >= 4 is 39.5 Å². The van der Waals surface area contributed by atoms with Crippen LogP contribution in [0.15, 0.2) is 24.3 Å². The van der Waals surface area contributed by atoms with E-state index in [1.165, 1.54) is 161 Å². The van der Waals surface area contributed by atoms with Gasteiger partial charge in [0.2, 0.25) is 0 Å². The smallest absolute Gasteiger partial charge is 0.462 e. The molecule has 0 aromatic carbocycles. The predicted octanol–water partition coefficient (Wildman–Crippen LogP) is 21.5. The highest BCUT2D eigenvalue weighted by molar-refractivity contribution is 7.47. The first kappa shape index (κ1) is 91.5. The summed E-state index contributed by atoms with van der Waals surface area (Å²) >= 11 is 0. The third-order valence-corrected chi connectivity index (χ3v) is 18.7. The van der Waals surface area contributed by atoms with Crippen LogP contribution in [0.2, 0.25) is 0 Å². The molecule has 5 atom stereocenters. The van der Waals surface area contributed by atoms with Crippen molar-refractivity contribution in [2.45, 2.75) is 381 Å². The van der Waals surface area contributed by atoms with Gasteiger partial charge in [0.1, 0.15) is 19.3 Å². The zero-order valence-electron chi connectivity index (χ0n) is 60.7. The Kier molecular flexibility index (Phi) is 64.7. The molecule has 0 spiro atoms. The van der Waals surface area contributed by atoms with E-state index < -0.39 is 97.5 Å². The molecule has 0 aliphatic heterocycles. The van der Waals surface area contributed by atoms with Gasteiger partial charge >= 0.3 is 39.5 Å². The van der Waals surface area contributed by atoms with Crippen LogP contribution in [-0.4, -0.2) is 96.7 Å². The molecule has 94 heavy (non-hydrogen) atoms. The van der Waals surface area contributed by atoms with E-state index in [0.29, 0.717) is 25.7 Å². The van der Waals surface area contributed by atoms with E-state index in [2.05, 4.69) is 65.8 Å². The summed E-state index contributed by atoms with van der Waals surface area (Å²) < 4.78 is 68.2. The van der Waals surface area contributed by atoms with Gasteiger partial charge in [-0.2, -0.15) is 0 Å². The lowest BCUT2D eigenvalue weighted by Crippen LogP contribution is -2.30. The number of hydrogen-bond acceptors (Lipinski definition) is 15. The zero-order chi connectivity index (χ0) is 69.3. The summed E-state index contributed by atoms with van der Waals surface area (Å²) in [6, 6.07) is 0. The second-order valence-corrected chi connectivity index (χ2v) is 30.2. The molecule has 0 amide bonds. The number of phosphoric ester groups is 2. The quantitative estimate of drug-likeness (QED) is 0.0169. The molecule has 0 saturated carbocycles. The number of ether oxygens (including phenoxy) is 4. The minimum atomic E-state index is -4.96. The lowest BCUT2D eigenvalue weighted by Gasteiger charge is -2.21. The Labute approximate surface area is 573 Å². The number of aliphatic hydroxyl groups is 1. The molecule has 0 fully saturated rings. The fraction of sp³-hybridized carbons (Fsp3) is 0.893. The third kappa shape index (κ3) is 68.1. The molecule has 0 aromatic rings. The molecule has 3 N–H and O–H groups in total. The van der Waals surface area contributed by atoms with Crippen LogP contribution in [-0.2, 0) is 65.4 Å². The topological polar surface area (TPSA) is 237 Å². The van der Waals surface area contributed by atoms with Gasteiger partial charge < -0.3 is 33.8 Å². The van der Waals surface area contributed by atoms with E-state index in [4.69, 9.17) is 37.0 Å². The first-order valence-electron chi connectivity index (χ1n) is 38.3. The molecule has 554 valence electrons. The summed E-state index contributed by atoms with van der Waals surface area (Å²) in [5.41, 5.74) is 0. The molecule has 0 bridgehead atoms. The summed E-state index contributed by atoms with van der Waals surface area (Å²) in [6.45, 7) is 9.48. The number of carbonyl (C=O) groups excluding carboxylic acids is 4. The fourth-order valence-corrected chi connectivity index (χ4v) is 12.5. The normalized spacial score (nSPS) is 14.2. The Bertz CT molecular complexity index is 1910. The largest absolute Gasteiger partial charge is 0.472 e. The van der Waals surface area contributed by atoms with Gasteiger partial charge in [0.05, 0.1) is 26.4 Å². The highest BCUT2D eigenvalue weighted by atomic mass is 31.2. The predicted molar refractivity (Wildman–Crippen MR) is 381 cm³/mol. The summed E-state index contributed by atoms with van der Waals surface area (Å²) in [5, 5.41) is 10.6. The number of carbonyl (C=O) groups is 4. The first-order chi connectivity index (χ1) is 45.4. The van der Waals surface area contributed by atoms with Gasteiger partial charge in [-0.3, -0.25) is 37.3 Å². The Balaban J connectivity index is 5.18. The number of esters is 4. The van der Waals surface area contributed by atoms with Crippen LogP contribution in [0.5, 0.6) is 0 Å². The zero-order valence-corrected chi connectivity index (χ0v) is 62.5. The summed E-state index contributed by atoms with van der Waals surface area (Å²) in [7, 11) is -9.91. The summed E-state index contributed by atoms with van der Waals surface area (Å²) in [4.78, 5) is 72.5. The maximum atomic E-state index is 13.1. The second-order valence-electron chi connectivity index (χ2n) is 27.3. The van der Waals surface area contributed by atoms with Crippen LogP contribution in [0.1, 0.15) is 363 Å². The van der Waals surface area contributed by atoms with Crippen LogP contribution >= 0.6 is 15.6 Å². The lowest BCUT2D eigenvalue weighted by molar-refractivity contribution is -0.161. The van der Waals surface area contributed by atoms with Gasteiger partial charge in [0.25, 0.3) is 0 Å². The minimum absolute atomic E-state index is 0.0841. The molecule has 0 heterocycles. The fourth-order valence-electron chi connectivity index (χ4n) is 10.9. The Morgan fingerprint density at radius 3 is 0.872 bits per heavy atom. The van der Waals surface area contributed by atoms with Crippen molar-refractivity contribution in [3.05, 3.63) is 24.3 Å². The number of allylic oxidation sites excluding steroid dienone is 4. The molecule has 2 unspecified atom stereocenters. The van der Waals surface area contributed by atoms with E-state index in [9.17, 15) is 43.2 Å². The molecule has 0 radical (unpaired) electrons. The van der Waals surface area contributed by atoms with E-state index >= 15 is 0 Å². The molecule has 0 aromatic heterocycles. The second kappa shape index (κ2) is 66.4. The van der Waals surface area contributed by atoms with Crippen LogP contribution < -0.4 is 0 Å². The van der Waals surface area contributed by atoms with Crippen molar-refractivity contribution in [1.29, 1.82) is 0 Å². The van der Waals surface area contributed by atoms with Gasteiger partial charge in [0.15, 0.2) is 12.2 Å². The van der Waals surface area contributed by atoms with Crippen molar-refractivity contribution in [3.8, 4) is 0 Å². The van der Waals surface area contributed by atoms with Crippen molar-refractivity contribution in [2.24, 2.45) is 11.8 Å². The van der Waals surface area contributed by atoms with Crippen LogP contribution in [0, 0.1) is 11.8 Å². The van der Waals surface area contributed by atoms with Gasteiger partial charge in [-0.15, -0.1) is 0 Å². The number of phosphoric acid groups is 2. The molecule has 0 saturated heterocycles. The highest BCUT2D eigenvalue weighted by Crippen LogP contribution is 2.45. The maximum absolute atomic E-state index is 13.1. The minimum Gasteiger partial charge on any atom is -0.462 e. The number of unbranched alkanes of at least 4 members (excludes halogenated alkanes) is 39. The molecule has 19 heteroatoms. The van der Waals surface area contributed by atoms with Crippen LogP contribution in [0.25, 0.3) is 0 Å². The van der Waals surface area contributed by atoms with E-state index in [-0.39, 0.29) is 25.7 Å². The molecule has 0 aliphatic rings. The Morgan fingerprint density at radius 2 is 0.574 bits per heavy atom. The van der Waals surface area contributed by atoms with E-state index in [1.54, 1.807) is 0 Å². The summed E-state index contributed by atoms with van der Waals surface area (Å²) in [6.07, 6.45) is 56.7. The SMILES string of the molecule is CCCCCC/C=C\C=C/CCCCCCCC(=O)O[C@H](COC(=O)CCCCCCC)COP(=O)(O)OC[C@H](O)COP(=O)(O)OC[C@@H](COC(=O)CCCCCCCCCCCCCCCCC(C)C)OC(=O)CCCCCCCCCCCCCCCCC(C)C. The van der Waals surface area contributed by atoms with Crippen molar-refractivity contribution in [1.82, 2.24) is 0 Å². The van der Waals surface area contributed by atoms with Gasteiger partial charge in [-0.25, -0.2) is 9.13 Å². The first-order valence-corrected chi connectivity index (χ1v) is 41.3. The Hall–Kier alpha value is -2.46. The molecule has 0 rings (SSSR count). The van der Waals surface area contributed by atoms with Crippen LogP contribution in [0.3, 0.4) is 0 Å². The van der Waals surface area contributed by atoms with Gasteiger partial charge in [0, 0.05) is 25.7 Å². The summed E-state index contributed by atoms with van der Waals surface area (Å²) in [5.74, 6) is -0.567. The average Bonchev–Trinajstić information content (AvgIpc) is 1.75. The lowest BCUT2D eigenvalue weighted by atomic mass is 10.0. The number of rotatable bonds is 72. The molecule has 17 nitrogen and oxygen atoms in total. The molecule has 0 aliphatic carbocycles. The van der Waals surface area contributed by atoms with Crippen molar-refractivity contribution in [2.75, 3.05) is 39.6 Å². The average molecular weight is 1380 g/mol. The number of hydrogen-bond donors (Lipinski definition) is 3. The molecular formula is C75H142O17P2. The monoisotopic (exact) mass is 1380 g/mol. The third-order valence-electron chi connectivity index (χ3n) is 16.8.